The minimum atomic E-state index is -1.80. The summed E-state index contributed by atoms with van der Waals surface area (Å²) in [5.41, 5.74) is 0.555. The van der Waals surface area contributed by atoms with Gasteiger partial charge in [0.25, 0.3) is 0 Å². The third-order valence-corrected chi connectivity index (χ3v) is 3.76. The van der Waals surface area contributed by atoms with Crippen molar-refractivity contribution in [1.82, 2.24) is 0 Å². The molecule has 3 heteroatoms. The van der Waals surface area contributed by atoms with Crippen LogP contribution in [0.3, 0.4) is 0 Å². The maximum atomic E-state index is 13.6. The van der Waals surface area contributed by atoms with E-state index >= 15 is 0 Å². The molecule has 1 aliphatic carbocycles. The number of halogens is 3. The van der Waals surface area contributed by atoms with Crippen LogP contribution in [0, 0.1) is 0 Å². The number of allylic oxidation sites excluding steroid dienone is 4. The number of alkyl halides is 2. The van der Waals surface area contributed by atoms with Crippen molar-refractivity contribution in [3.05, 3.63) is 23.6 Å². The van der Waals surface area contributed by atoms with E-state index in [1.807, 2.05) is 0 Å². The molecule has 0 aromatic rings. The minimum Gasteiger partial charge on any atom is -0.224 e. The molecule has 1 atom stereocenters. The molecule has 0 saturated carbocycles. The highest BCUT2D eigenvalue weighted by Crippen LogP contribution is 2.41. The van der Waals surface area contributed by atoms with Crippen LogP contribution in [-0.4, -0.2) is 3.68 Å². The molecular weight excluding hydrogens is 321 g/mol. The average molecular weight is 340 g/mol. The Morgan fingerprint density at radius 3 is 2.69 bits per heavy atom. The summed E-state index contributed by atoms with van der Waals surface area (Å²) < 4.78 is 25.5. The second-order valence-electron chi connectivity index (χ2n) is 4.31. The molecule has 0 aromatic heterocycles. The Hall–Kier alpha value is 0.0700. The van der Waals surface area contributed by atoms with E-state index in [1.54, 1.807) is 34.7 Å². The summed E-state index contributed by atoms with van der Waals surface area (Å²) in [6.07, 6.45) is 10.00. The number of unbranched alkanes of at least 4 members (excludes halogenated alkanes) is 4. The molecule has 0 radical (unpaired) electrons. The predicted molar refractivity (Wildman–Crippen MR) is 73.1 cm³/mol. The van der Waals surface area contributed by atoms with Gasteiger partial charge < -0.3 is 0 Å². The van der Waals surface area contributed by atoms with Crippen LogP contribution >= 0.6 is 22.6 Å². The molecule has 1 aliphatic rings. The van der Waals surface area contributed by atoms with E-state index in [2.05, 4.69) is 6.92 Å². The first kappa shape index (κ1) is 14.1. The fraction of sp³-hybridized carbons (Fsp3) is 0.692. The smallest absolute Gasteiger partial charge is 0.215 e. The first-order valence-corrected chi connectivity index (χ1v) is 7.09. The zero-order valence-corrected chi connectivity index (χ0v) is 11.9. The fourth-order valence-corrected chi connectivity index (χ4v) is 2.46. The van der Waals surface area contributed by atoms with Crippen molar-refractivity contribution in [3.8, 4) is 0 Å². The molecule has 1 unspecified atom stereocenters. The van der Waals surface area contributed by atoms with Gasteiger partial charge in [0.2, 0.25) is 3.68 Å². The Morgan fingerprint density at radius 1 is 1.31 bits per heavy atom. The molecule has 1 rings (SSSR count). The maximum absolute atomic E-state index is 13.6. The van der Waals surface area contributed by atoms with E-state index in [-0.39, 0.29) is 6.42 Å². The highest BCUT2D eigenvalue weighted by atomic mass is 127. The summed E-state index contributed by atoms with van der Waals surface area (Å²) in [6.45, 7) is 2.17. The lowest BCUT2D eigenvalue weighted by molar-refractivity contribution is 0.301. The third-order valence-electron chi connectivity index (χ3n) is 2.85. The molecule has 0 N–H and O–H groups in total. The van der Waals surface area contributed by atoms with Crippen molar-refractivity contribution in [1.29, 1.82) is 0 Å². The van der Waals surface area contributed by atoms with E-state index in [1.165, 1.54) is 19.3 Å². The Morgan fingerprint density at radius 2 is 2.00 bits per heavy atom. The van der Waals surface area contributed by atoms with Crippen molar-refractivity contribution in [2.75, 3.05) is 0 Å². The Labute approximate surface area is 110 Å². The molecule has 92 valence electrons. The van der Waals surface area contributed by atoms with Crippen LogP contribution in [0.25, 0.3) is 0 Å². The van der Waals surface area contributed by atoms with Gasteiger partial charge in [0.1, 0.15) is 0 Å². The molecule has 0 aromatic carbocycles. The summed E-state index contributed by atoms with van der Waals surface area (Å²) in [5.74, 6) is -0.564. The van der Waals surface area contributed by atoms with Crippen molar-refractivity contribution < 1.29 is 8.78 Å². The van der Waals surface area contributed by atoms with Crippen LogP contribution in [0.15, 0.2) is 23.6 Å². The molecule has 0 aliphatic heterocycles. The number of hydrogen-bond acceptors (Lipinski definition) is 0. The van der Waals surface area contributed by atoms with Crippen molar-refractivity contribution in [3.63, 3.8) is 0 Å². The topological polar surface area (TPSA) is 0 Å². The van der Waals surface area contributed by atoms with Gasteiger partial charge in [-0.2, -0.15) is 0 Å². The van der Waals surface area contributed by atoms with Crippen molar-refractivity contribution in [2.24, 2.45) is 0 Å². The molecule has 16 heavy (non-hydrogen) atoms. The molecule has 0 fully saturated rings. The summed E-state index contributed by atoms with van der Waals surface area (Å²) in [6, 6.07) is 0. The monoisotopic (exact) mass is 340 g/mol. The Balaban J connectivity index is 2.38. The van der Waals surface area contributed by atoms with Gasteiger partial charge in [-0.25, -0.2) is 8.78 Å². The summed E-state index contributed by atoms with van der Waals surface area (Å²) in [5, 5.41) is 0. The predicted octanol–water partition coefficient (Wildman–Crippen LogP) is 5.63. The van der Waals surface area contributed by atoms with Crippen LogP contribution in [0.2, 0.25) is 0 Å². The lowest BCUT2D eigenvalue weighted by Gasteiger charge is -2.20. The first-order valence-electron chi connectivity index (χ1n) is 6.01. The van der Waals surface area contributed by atoms with Crippen molar-refractivity contribution in [2.45, 2.75) is 55.5 Å². The molecule has 0 bridgehead atoms. The summed E-state index contributed by atoms with van der Waals surface area (Å²) >= 11 is 1.56. The second kappa shape index (κ2) is 6.72. The molecule has 0 heterocycles. The minimum absolute atomic E-state index is 0.152. The number of hydrogen-bond donors (Lipinski definition) is 0. The zero-order chi connectivity index (χ0) is 12.0. The summed E-state index contributed by atoms with van der Waals surface area (Å²) in [4.78, 5) is 0. The lowest BCUT2D eigenvalue weighted by atomic mass is 9.98. The highest BCUT2D eigenvalue weighted by Gasteiger charge is 2.34. The molecule has 0 amide bonds. The van der Waals surface area contributed by atoms with Gasteiger partial charge in [-0.1, -0.05) is 44.8 Å². The molecule has 0 nitrogen and oxygen atoms in total. The van der Waals surface area contributed by atoms with Gasteiger partial charge in [0.05, 0.1) is 0 Å². The Kier molecular flexibility index (Phi) is 5.94. The Bertz CT molecular complexity index is 280. The van der Waals surface area contributed by atoms with Gasteiger partial charge in [-0.15, -0.1) is 0 Å². The van der Waals surface area contributed by atoms with Crippen LogP contribution in [0.1, 0.15) is 51.9 Å². The van der Waals surface area contributed by atoms with Crippen LogP contribution < -0.4 is 0 Å². The fourth-order valence-electron chi connectivity index (χ4n) is 1.86. The summed E-state index contributed by atoms with van der Waals surface area (Å²) in [7, 11) is 0. The standard InChI is InChI=1S/C13H19F2I/c1-2-3-4-5-6-8-11-9-7-10-13(15,16)12(11)14/h7,9H,2-6,8,10H2,1H3. The van der Waals surface area contributed by atoms with Gasteiger partial charge >= 0.3 is 0 Å². The van der Waals surface area contributed by atoms with E-state index < -0.39 is 9.50 Å². The lowest BCUT2D eigenvalue weighted by Crippen LogP contribution is -2.17. The molecule has 0 spiro atoms. The van der Waals surface area contributed by atoms with Crippen molar-refractivity contribution >= 4 is 22.6 Å². The average Bonchev–Trinajstić information content (AvgIpc) is 2.24. The number of rotatable bonds is 6. The van der Waals surface area contributed by atoms with E-state index in [9.17, 15) is 8.78 Å². The van der Waals surface area contributed by atoms with Gasteiger partial charge in [-0.05, 0) is 41.0 Å². The molecular formula is C13H19F2I. The van der Waals surface area contributed by atoms with Gasteiger partial charge in [0, 0.05) is 6.42 Å². The maximum Gasteiger partial charge on any atom is 0.215 e. The van der Waals surface area contributed by atoms with E-state index in [0.29, 0.717) is 12.0 Å². The van der Waals surface area contributed by atoms with Crippen LogP contribution in [0.4, 0.5) is 8.78 Å². The van der Waals surface area contributed by atoms with E-state index in [0.717, 1.165) is 12.8 Å². The van der Waals surface area contributed by atoms with Crippen LogP contribution in [-0.2, 0) is 0 Å². The molecule has 0 saturated heterocycles. The highest BCUT2D eigenvalue weighted by molar-refractivity contribution is 14.1. The quantitative estimate of drug-likeness (QED) is 0.334. The zero-order valence-electron chi connectivity index (χ0n) is 9.74. The van der Waals surface area contributed by atoms with Gasteiger partial charge in [0.15, 0.2) is 5.83 Å². The normalized spacial score (nSPS) is 25.2. The van der Waals surface area contributed by atoms with Gasteiger partial charge in [-0.3, -0.25) is 0 Å². The SMILES string of the molecule is CCCCCCCC1=C(F)C(F)(I)CC=C1. The van der Waals surface area contributed by atoms with E-state index in [4.69, 9.17) is 0 Å². The first-order chi connectivity index (χ1) is 7.58. The second-order valence-corrected chi connectivity index (χ2v) is 6.02. The van der Waals surface area contributed by atoms with Crippen LogP contribution in [0.5, 0.6) is 0 Å². The largest absolute Gasteiger partial charge is 0.224 e. The third kappa shape index (κ3) is 4.15.